The second-order valence-corrected chi connectivity index (χ2v) is 4.47. The smallest absolute Gasteiger partial charge is 0.277 e. The number of rotatable bonds is 7. The average Bonchev–Trinajstić information content (AvgIpc) is 2.40. The van der Waals surface area contributed by atoms with Gasteiger partial charge in [-0.05, 0) is 41.4 Å². The topological polar surface area (TPSA) is 47.6 Å². The van der Waals surface area contributed by atoms with Crippen LogP contribution in [0.3, 0.4) is 0 Å². The summed E-state index contributed by atoms with van der Waals surface area (Å²) in [6.45, 7) is 4.52. The van der Waals surface area contributed by atoms with Crippen LogP contribution in [-0.2, 0) is 20.8 Å². The minimum absolute atomic E-state index is 0.202. The van der Waals surface area contributed by atoms with Crippen LogP contribution < -0.4 is 5.32 Å². The summed E-state index contributed by atoms with van der Waals surface area (Å²) < 4.78 is 24.0. The predicted octanol–water partition coefficient (Wildman–Crippen LogP) is 2.60. The molecule has 1 aromatic carbocycles. The molecule has 0 saturated carbocycles. The predicted molar refractivity (Wildman–Crippen MR) is 73.0 cm³/mol. The minimum atomic E-state index is -0.928. The van der Waals surface area contributed by atoms with Gasteiger partial charge in [-0.15, -0.1) is 0 Å². The van der Waals surface area contributed by atoms with Crippen molar-refractivity contribution in [2.45, 2.75) is 26.7 Å². The standard InChI is InChI=1S/C13H17BrFNO3/c1-3-18-13(19-4-2)12(17)16-8-9-6-5-7-10(15)11(9)14/h5-7,13H,3-4,8H2,1-2H3,(H,16,17). The zero-order valence-electron chi connectivity index (χ0n) is 10.9. The normalized spacial score (nSPS) is 10.8. The number of amides is 1. The van der Waals surface area contributed by atoms with Gasteiger partial charge in [-0.25, -0.2) is 4.39 Å². The largest absolute Gasteiger partial charge is 0.348 e. The molecule has 19 heavy (non-hydrogen) atoms. The van der Waals surface area contributed by atoms with Gasteiger partial charge in [0.05, 0.1) is 4.47 Å². The zero-order chi connectivity index (χ0) is 14.3. The van der Waals surface area contributed by atoms with E-state index in [1.165, 1.54) is 6.07 Å². The molecule has 0 heterocycles. The number of hydrogen-bond donors (Lipinski definition) is 1. The van der Waals surface area contributed by atoms with Crippen LogP contribution in [0.2, 0.25) is 0 Å². The Labute approximate surface area is 120 Å². The van der Waals surface area contributed by atoms with E-state index in [1.54, 1.807) is 26.0 Å². The molecule has 1 rings (SSSR count). The molecule has 0 aromatic heterocycles. The summed E-state index contributed by atoms with van der Waals surface area (Å²) in [6.07, 6.45) is -0.928. The van der Waals surface area contributed by atoms with Crippen LogP contribution in [0.5, 0.6) is 0 Å². The Hall–Kier alpha value is -0.980. The van der Waals surface area contributed by atoms with Crippen molar-refractivity contribution in [2.24, 2.45) is 0 Å². The number of nitrogens with one attached hydrogen (secondary N) is 1. The fourth-order valence-electron chi connectivity index (χ4n) is 1.45. The van der Waals surface area contributed by atoms with Crippen molar-refractivity contribution in [1.82, 2.24) is 5.32 Å². The number of carbonyl (C=O) groups is 1. The van der Waals surface area contributed by atoms with E-state index in [9.17, 15) is 9.18 Å². The van der Waals surface area contributed by atoms with Crippen molar-refractivity contribution in [3.05, 3.63) is 34.1 Å². The van der Waals surface area contributed by atoms with Gasteiger partial charge in [0, 0.05) is 19.8 Å². The van der Waals surface area contributed by atoms with E-state index in [0.29, 0.717) is 23.2 Å². The van der Waals surface area contributed by atoms with Gasteiger partial charge in [-0.2, -0.15) is 0 Å². The summed E-state index contributed by atoms with van der Waals surface area (Å²) >= 11 is 3.14. The minimum Gasteiger partial charge on any atom is -0.348 e. The van der Waals surface area contributed by atoms with Crippen LogP contribution in [0.15, 0.2) is 22.7 Å². The lowest BCUT2D eigenvalue weighted by Crippen LogP contribution is -2.38. The molecule has 0 aliphatic carbocycles. The molecule has 0 radical (unpaired) electrons. The van der Waals surface area contributed by atoms with E-state index in [2.05, 4.69) is 21.2 Å². The Morgan fingerprint density at radius 2 is 2.00 bits per heavy atom. The Morgan fingerprint density at radius 3 is 2.58 bits per heavy atom. The third kappa shape index (κ3) is 4.89. The number of hydrogen-bond acceptors (Lipinski definition) is 3. The van der Waals surface area contributed by atoms with Crippen LogP contribution in [0.1, 0.15) is 19.4 Å². The molecule has 0 fully saturated rings. The molecule has 4 nitrogen and oxygen atoms in total. The van der Waals surface area contributed by atoms with Gasteiger partial charge in [-0.3, -0.25) is 4.79 Å². The van der Waals surface area contributed by atoms with Crippen molar-refractivity contribution in [3.63, 3.8) is 0 Å². The third-order valence-electron chi connectivity index (χ3n) is 2.33. The SMILES string of the molecule is CCOC(OCC)C(=O)NCc1cccc(F)c1Br. The lowest BCUT2D eigenvalue weighted by Gasteiger charge is -2.16. The molecule has 0 unspecified atom stereocenters. The van der Waals surface area contributed by atoms with Crippen LogP contribution >= 0.6 is 15.9 Å². The maximum absolute atomic E-state index is 13.3. The summed E-state index contributed by atoms with van der Waals surface area (Å²) in [5.74, 6) is -0.738. The van der Waals surface area contributed by atoms with E-state index >= 15 is 0 Å². The summed E-state index contributed by atoms with van der Waals surface area (Å²) in [4.78, 5) is 11.8. The van der Waals surface area contributed by atoms with Crippen LogP contribution in [-0.4, -0.2) is 25.4 Å². The van der Waals surface area contributed by atoms with E-state index in [0.717, 1.165) is 0 Å². The van der Waals surface area contributed by atoms with Gasteiger partial charge in [0.2, 0.25) is 6.29 Å². The maximum atomic E-state index is 13.3. The molecule has 0 spiro atoms. The fraction of sp³-hybridized carbons (Fsp3) is 0.462. The molecular weight excluding hydrogens is 317 g/mol. The first-order valence-corrected chi connectivity index (χ1v) is 6.83. The highest BCUT2D eigenvalue weighted by Gasteiger charge is 2.18. The number of halogens is 2. The van der Waals surface area contributed by atoms with Crippen molar-refractivity contribution in [1.29, 1.82) is 0 Å². The molecule has 6 heteroatoms. The summed E-state index contributed by atoms with van der Waals surface area (Å²) in [5.41, 5.74) is 0.653. The summed E-state index contributed by atoms with van der Waals surface area (Å²) in [5, 5.41) is 2.65. The molecule has 1 amide bonds. The molecular formula is C13H17BrFNO3. The highest BCUT2D eigenvalue weighted by Crippen LogP contribution is 2.20. The van der Waals surface area contributed by atoms with Gasteiger partial charge >= 0.3 is 0 Å². The fourth-order valence-corrected chi connectivity index (χ4v) is 1.86. The molecule has 1 N–H and O–H groups in total. The first kappa shape index (κ1) is 16.1. The van der Waals surface area contributed by atoms with Gasteiger partial charge in [0.25, 0.3) is 5.91 Å². The van der Waals surface area contributed by atoms with E-state index in [-0.39, 0.29) is 18.3 Å². The Kier molecular flexibility index (Phi) is 6.97. The first-order chi connectivity index (χ1) is 9.10. The molecule has 0 bridgehead atoms. The Balaban J connectivity index is 2.59. The quantitative estimate of drug-likeness (QED) is 0.780. The lowest BCUT2D eigenvalue weighted by atomic mass is 10.2. The van der Waals surface area contributed by atoms with E-state index in [1.807, 2.05) is 0 Å². The zero-order valence-corrected chi connectivity index (χ0v) is 12.5. The summed E-state index contributed by atoms with van der Waals surface area (Å²) in [7, 11) is 0. The second kappa shape index (κ2) is 8.24. The highest BCUT2D eigenvalue weighted by molar-refractivity contribution is 9.10. The van der Waals surface area contributed by atoms with Crippen LogP contribution in [0.4, 0.5) is 4.39 Å². The first-order valence-electron chi connectivity index (χ1n) is 6.03. The number of benzene rings is 1. The van der Waals surface area contributed by atoms with E-state index in [4.69, 9.17) is 9.47 Å². The summed E-state index contributed by atoms with van der Waals surface area (Å²) in [6, 6.07) is 4.66. The Bertz CT molecular complexity index is 422. The van der Waals surface area contributed by atoms with E-state index < -0.39 is 6.29 Å². The van der Waals surface area contributed by atoms with Gasteiger partial charge < -0.3 is 14.8 Å². The Morgan fingerprint density at radius 1 is 1.37 bits per heavy atom. The number of carbonyl (C=O) groups excluding carboxylic acids is 1. The van der Waals surface area contributed by atoms with Crippen molar-refractivity contribution < 1.29 is 18.7 Å². The van der Waals surface area contributed by atoms with Crippen LogP contribution in [0.25, 0.3) is 0 Å². The van der Waals surface area contributed by atoms with Gasteiger partial charge in [-0.1, -0.05) is 12.1 Å². The molecule has 0 atom stereocenters. The highest BCUT2D eigenvalue weighted by atomic mass is 79.9. The lowest BCUT2D eigenvalue weighted by molar-refractivity contribution is -0.170. The number of ether oxygens (including phenoxy) is 2. The molecule has 0 saturated heterocycles. The third-order valence-corrected chi connectivity index (χ3v) is 3.22. The molecule has 0 aliphatic heterocycles. The molecule has 106 valence electrons. The maximum Gasteiger partial charge on any atom is 0.277 e. The average molecular weight is 334 g/mol. The molecule has 0 aliphatic rings. The van der Waals surface area contributed by atoms with Gasteiger partial charge in [0.1, 0.15) is 5.82 Å². The monoisotopic (exact) mass is 333 g/mol. The van der Waals surface area contributed by atoms with Gasteiger partial charge in [0.15, 0.2) is 0 Å². The van der Waals surface area contributed by atoms with Crippen molar-refractivity contribution >= 4 is 21.8 Å². The van der Waals surface area contributed by atoms with Crippen LogP contribution in [0, 0.1) is 5.82 Å². The second-order valence-electron chi connectivity index (χ2n) is 3.67. The molecule has 1 aromatic rings. The van der Waals surface area contributed by atoms with Crippen molar-refractivity contribution in [2.75, 3.05) is 13.2 Å². The van der Waals surface area contributed by atoms with Crippen molar-refractivity contribution in [3.8, 4) is 0 Å².